The molecule has 0 atom stereocenters. The largest absolute Gasteiger partial charge is 0.369 e. The molecule has 0 aliphatic heterocycles. The average Bonchev–Trinajstić information content (AvgIpc) is 3.04. The lowest BCUT2D eigenvalue weighted by atomic mass is 10.0. The second kappa shape index (κ2) is 6.25. The highest BCUT2D eigenvalue weighted by molar-refractivity contribution is 6.42. The zero-order chi connectivity index (χ0) is 17.6. The van der Waals surface area contributed by atoms with Crippen molar-refractivity contribution in [1.82, 2.24) is 0 Å². The topological polar surface area (TPSA) is 41.6 Å². The van der Waals surface area contributed by atoms with Crippen molar-refractivity contribution < 1.29 is 0 Å². The molecule has 0 heterocycles. The fraction of sp³-hybridized carbons (Fsp3) is 0.150. The summed E-state index contributed by atoms with van der Waals surface area (Å²) in [7, 11) is 1.86. The summed E-state index contributed by atoms with van der Waals surface area (Å²) in [6, 6.07) is 16.0. The van der Waals surface area contributed by atoms with Crippen molar-refractivity contribution >= 4 is 51.3 Å². The third kappa shape index (κ3) is 2.84. The fourth-order valence-corrected chi connectivity index (χ4v) is 3.65. The molecule has 0 radical (unpaired) electrons. The Kier molecular flexibility index (Phi) is 4.06. The normalized spacial score (nSPS) is 13.5. The van der Waals surface area contributed by atoms with Gasteiger partial charge < -0.3 is 10.6 Å². The number of benzene rings is 3. The number of anilines is 1. The van der Waals surface area contributed by atoms with Gasteiger partial charge in [0.25, 0.3) is 0 Å². The van der Waals surface area contributed by atoms with Gasteiger partial charge in [-0.25, -0.2) is 4.99 Å². The summed E-state index contributed by atoms with van der Waals surface area (Å²) in [5.74, 6) is 0.400. The van der Waals surface area contributed by atoms with E-state index in [1.165, 1.54) is 16.5 Å². The van der Waals surface area contributed by atoms with Crippen molar-refractivity contribution in [3.8, 4) is 0 Å². The van der Waals surface area contributed by atoms with Gasteiger partial charge in [-0.1, -0.05) is 47.5 Å². The van der Waals surface area contributed by atoms with E-state index in [0.717, 1.165) is 29.6 Å². The molecule has 1 aliphatic rings. The third-order valence-corrected chi connectivity index (χ3v) is 5.46. The van der Waals surface area contributed by atoms with Gasteiger partial charge in [-0.3, -0.25) is 0 Å². The molecule has 5 heteroatoms. The Hall–Kier alpha value is -2.23. The number of guanidine groups is 1. The molecular formula is C20H17Cl2N3. The summed E-state index contributed by atoms with van der Waals surface area (Å²) < 4.78 is 0. The van der Waals surface area contributed by atoms with Crippen LogP contribution in [0.4, 0.5) is 11.4 Å². The Labute approximate surface area is 156 Å². The molecule has 25 heavy (non-hydrogen) atoms. The summed E-state index contributed by atoms with van der Waals surface area (Å²) in [6.45, 7) is 0. The molecule has 1 aliphatic carbocycles. The van der Waals surface area contributed by atoms with E-state index in [-0.39, 0.29) is 0 Å². The fourth-order valence-electron chi connectivity index (χ4n) is 3.35. The molecule has 0 saturated heterocycles. The van der Waals surface area contributed by atoms with E-state index < -0.39 is 0 Å². The first kappa shape index (κ1) is 16.2. The number of hydrogen-bond acceptors (Lipinski definition) is 1. The second-order valence-electron chi connectivity index (χ2n) is 6.21. The highest BCUT2D eigenvalue weighted by Gasteiger charge is 2.16. The van der Waals surface area contributed by atoms with Crippen LogP contribution in [0.5, 0.6) is 0 Å². The lowest BCUT2D eigenvalue weighted by molar-refractivity contribution is 1.02. The SMILES string of the molecule is CN(C(N)=Nc1ccc2c3c(cccc13)CC2)c1ccc(Cl)c(Cl)c1. The number of rotatable bonds is 2. The molecule has 126 valence electrons. The maximum atomic E-state index is 6.25. The number of nitrogens with two attached hydrogens (primary N) is 1. The first-order valence-corrected chi connectivity index (χ1v) is 8.86. The van der Waals surface area contributed by atoms with Gasteiger partial charge in [0.1, 0.15) is 0 Å². The Balaban J connectivity index is 1.75. The molecule has 0 saturated carbocycles. The molecule has 0 unspecified atom stereocenters. The lowest BCUT2D eigenvalue weighted by Gasteiger charge is -2.19. The minimum atomic E-state index is 0.400. The van der Waals surface area contributed by atoms with Gasteiger partial charge in [0.2, 0.25) is 5.96 Å². The van der Waals surface area contributed by atoms with E-state index >= 15 is 0 Å². The zero-order valence-electron chi connectivity index (χ0n) is 13.8. The maximum absolute atomic E-state index is 6.25. The maximum Gasteiger partial charge on any atom is 0.200 e. The summed E-state index contributed by atoms with van der Waals surface area (Å²) >= 11 is 12.1. The van der Waals surface area contributed by atoms with E-state index in [1.807, 2.05) is 19.2 Å². The number of aliphatic imine (C=N–C) groups is 1. The van der Waals surface area contributed by atoms with Crippen molar-refractivity contribution in [2.75, 3.05) is 11.9 Å². The van der Waals surface area contributed by atoms with Gasteiger partial charge in [0.05, 0.1) is 15.7 Å². The lowest BCUT2D eigenvalue weighted by Crippen LogP contribution is -2.33. The van der Waals surface area contributed by atoms with Crippen LogP contribution < -0.4 is 10.6 Å². The van der Waals surface area contributed by atoms with Gasteiger partial charge in [-0.2, -0.15) is 0 Å². The van der Waals surface area contributed by atoms with Gasteiger partial charge >= 0.3 is 0 Å². The molecule has 3 aromatic carbocycles. The van der Waals surface area contributed by atoms with Crippen LogP contribution in [0.2, 0.25) is 10.0 Å². The van der Waals surface area contributed by atoms with E-state index in [0.29, 0.717) is 16.0 Å². The zero-order valence-corrected chi connectivity index (χ0v) is 15.3. The molecule has 0 aromatic heterocycles. The molecule has 0 spiro atoms. The summed E-state index contributed by atoms with van der Waals surface area (Å²) in [4.78, 5) is 6.47. The van der Waals surface area contributed by atoms with Crippen LogP contribution in [0.15, 0.2) is 53.5 Å². The molecular weight excluding hydrogens is 353 g/mol. The van der Waals surface area contributed by atoms with Gasteiger partial charge in [0.15, 0.2) is 0 Å². The predicted molar refractivity (Wildman–Crippen MR) is 108 cm³/mol. The highest BCUT2D eigenvalue weighted by atomic mass is 35.5. The van der Waals surface area contributed by atoms with Crippen molar-refractivity contribution in [2.45, 2.75) is 12.8 Å². The molecule has 0 amide bonds. The quantitative estimate of drug-likeness (QED) is 0.490. The molecule has 3 aromatic rings. The first-order chi connectivity index (χ1) is 12.0. The Morgan fingerprint density at radius 3 is 2.52 bits per heavy atom. The van der Waals surface area contributed by atoms with Crippen LogP contribution in [-0.2, 0) is 12.8 Å². The van der Waals surface area contributed by atoms with Crippen LogP contribution in [0.1, 0.15) is 11.1 Å². The molecule has 2 N–H and O–H groups in total. The second-order valence-corrected chi connectivity index (χ2v) is 7.03. The third-order valence-electron chi connectivity index (χ3n) is 4.72. The minimum absolute atomic E-state index is 0.400. The molecule has 3 nitrogen and oxygen atoms in total. The van der Waals surface area contributed by atoms with Gasteiger partial charge in [-0.15, -0.1) is 0 Å². The summed E-state index contributed by atoms with van der Waals surface area (Å²) in [5, 5.41) is 3.48. The minimum Gasteiger partial charge on any atom is -0.369 e. The van der Waals surface area contributed by atoms with Crippen molar-refractivity contribution in [2.24, 2.45) is 10.7 Å². The number of aryl methyl sites for hydroxylation is 2. The number of halogens is 2. The number of hydrogen-bond donors (Lipinski definition) is 1. The Morgan fingerprint density at radius 1 is 1.00 bits per heavy atom. The average molecular weight is 370 g/mol. The number of nitrogens with zero attached hydrogens (tertiary/aromatic N) is 2. The Morgan fingerprint density at radius 2 is 1.76 bits per heavy atom. The standard InChI is InChI=1S/C20H17Cl2N3/c1-25(14-8-9-16(21)17(22)11-14)20(23)24-18-10-7-13-6-5-12-3-2-4-15(18)19(12)13/h2-4,7-11H,5-6H2,1H3,(H2,23,24). The van der Waals surface area contributed by atoms with Gasteiger partial charge in [0, 0.05) is 18.1 Å². The van der Waals surface area contributed by atoms with E-state index in [4.69, 9.17) is 28.9 Å². The van der Waals surface area contributed by atoms with E-state index in [9.17, 15) is 0 Å². The highest BCUT2D eigenvalue weighted by Crippen LogP contribution is 2.36. The molecule has 0 fully saturated rings. The van der Waals surface area contributed by atoms with Crippen LogP contribution in [0.3, 0.4) is 0 Å². The van der Waals surface area contributed by atoms with Crippen LogP contribution >= 0.6 is 23.2 Å². The first-order valence-electron chi connectivity index (χ1n) is 8.11. The molecule has 4 rings (SSSR count). The molecule has 0 bridgehead atoms. The summed E-state index contributed by atoms with van der Waals surface area (Å²) in [6.07, 6.45) is 2.19. The van der Waals surface area contributed by atoms with Crippen molar-refractivity contribution in [3.05, 3.63) is 69.7 Å². The van der Waals surface area contributed by atoms with Crippen LogP contribution in [0.25, 0.3) is 10.8 Å². The smallest absolute Gasteiger partial charge is 0.200 e. The van der Waals surface area contributed by atoms with Gasteiger partial charge in [-0.05, 0) is 53.6 Å². The summed E-state index contributed by atoms with van der Waals surface area (Å²) in [5.41, 5.74) is 10.7. The van der Waals surface area contributed by atoms with E-state index in [1.54, 1.807) is 17.0 Å². The van der Waals surface area contributed by atoms with Crippen molar-refractivity contribution in [3.63, 3.8) is 0 Å². The van der Waals surface area contributed by atoms with Crippen LogP contribution in [0, 0.1) is 0 Å². The predicted octanol–water partition coefficient (Wildman–Crippen LogP) is 5.33. The van der Waals surface area contributed by atoms with Crippen LogP contribution in [-0.4, -0.2) is 13.0 Å². The van der Waals surface area contributed by atoms with E-state index in [2.05, 4.69) is 29.3 Å². The Bertz CT molecular complexity index is 1000. The van der Waals surface area contributed by atoms with Crippen molar-refractivity contribution in [1.29, 1.82) is 0 Å². The monoisotopic (exact) mass is 369 g/mol.